The Morgan fingerprint density at radius 3 is 2.46 bits per heavy atom. The van der Waals surface area contributed by atoms with Crippen molar-refractivity contribution in [1.29, 1.82) is 0 Å². The number of hydrogen-bond acceptors (Lipinski definition) is 1. The smallest absolute Gasteiger partial charge is 0.135 e. The molecular weight excluding hydrogens is 306 g/mol. The molecule has 3 aromatic rings. The molecule has 4 heteroatoms. The first-order valence-corrected chi connectivity index (χ1v) is 8.29. The third kappa shape index (κ3) is 2.94. The van der Waals surface area contributed by atoms with Crippen LogP contribution in [0.25, 0.3) is 22.2 Å². The lowest BCUT2D eigenvalue weighted by Crippen LogP contribution is -2.00. The second kappa shape index (κ2) is 6.73. The SMILES string of the molecule is Cc1ccc(C)c2c(CCCCN)c(-c3ccc(F)cc3F)[nH]c12. The Balaban J connectivity index is 2.24. The Morgan fingerprint density at radius 1 is 1.00 bits per heavy atom. The number of nitrogens with two attached hydrogens (primary N) is 1. The van der Waals surface area contributed by atoms with Crippen LogP contribution in [0.15, 0.2) is 30.3 Å². The first-order valence-electron chi connectivity index (χ1n) is 8.29. The van der Waals surface area contributed by atoms with E-state index in [1.807, 2.05) is 6.92 Å². The number of hydrogen-bond donors (Lipinski definition) is 2. The number of aryl methyl sites for hydroxylation is 3. The van der Waals surface area contributed by atoms with Crippen LogP contribution in [-0.2, 0) is 6.42 Å². The standard InChI is InChI=1S/C20H22F2N2/c1-12-6-7-13(2)19-18(12)16(5-3-4-10-23)20(24-19)15-9-8-14(21)11-17(15)22/h6-9,11,24H,3-5,10,23H2,1-2H3. The fraction of sp³-hybridized carbons (Fsp3) is 0.300. The van der Waals surface area contributed by atoms with Gasteiger partial charge in [0.1, 0.15) is 11.6 Å². The monoisotopic (exact) mass is 328 g/mol. The number of rotatable bonds is 5. The van der Waals surface area contributed by atoms with Crippen LogP contribution in [0, 0.1) is 25.5 Å². The molecule has 126 valence electrons. The first kappa shape index (κ1) is 16.7. The molecule has 24 heavy (non-hydrogen) atoms. The Bertz CT molecular complexity index is 881. The molecule has 0 aliphatic heterocycles. The van der Waals surface area contributed by atoms with Crippen LogP contribution in [0.1, 0.15) is 29.5 Å². The van der Waals surface area contributed by atoms with Gasteiger partial charge in [0.25, 0.3) is 0 Å². The summed E-state index contributed by atoms with van der Waals surface area (Å²) in [4.78, 5) is 3.38. The molecule has 0 atom stereocenters. The molecule has 1 heterocycles. The Morgan fingerprint density at radius 2 is 1.75 bits per heavy atom. The van der Waals surface area contributed by atoms with Gasteiger partial charge in [-0.15, -0.1) is 0 Å². The van der Waals surface area contributed by atoms with Crippen molar-refractivity contribution in [1.82, 2.24) is 4.98 Å². The summed E-state index contributed by atoms with van der Waals surface area (Å²) in [5.41, 5.74) is 11.2. The third-order valence-corrected chi connectivity index (χ3v) is 4.56. The highest BCUT2D eigenvalue weighted by molar-refractivity contribution is 5.95. The molecule has 0 saturated carbocycles. The molecule has 0 bridgehead atoms. The maximum absolute atomic E-state index is 14.4. The zero-order chi connectivity index (χ0) is 17.3. The van der Waals surface area contributed by atoms with Gasteiger partial charge in [0.2, 0.25) is 0 Å². The minimum atomic E-state index is -0.565. The lowest BCUT2D eigenvalue weighted by atomic mass is 9.97. The molecule has 3 rings (SSSR count). The van der Waals surface area contributed by atoms with Gasteiger partial charge in [-0.3, -0.25) is 0 Å². The molecule has 0 aliphatic rings. The van der Waals surface area contributed by atoms with Gasteiger partial charge in [0, 0.05) is 22.5 Å². The lowest BCUT2D eigenvalue weighted by molar-refractivity contribution is 0.585. The second-order valence-corrected chi connectivity index (χ2v) is 6.30. The lowest BCUT2D eigenvalue weighted by Gasteiger charge is -2.08. The van der Waals surface area contributed by atoms with E-state index in [2.05, 4.69) is 24.0 Å². The normalized spacial score (nSPS) is 11.4. The van der Waals surface area contributed by atoms with Crippen molar-refractivity contribution in [2.45, 2.75) is 33.1 Å². The summed E-state index contributed by atoms with van der Waals surface area (Å²) in [7, 11) is 0. The summed E-state index contributed by atoms with van der Waals surface area (Å²) in [5.74, 6) is -1.11. The molecule has 0 aliphatic carbocycles. The van der Waals surface area contributed by atoms with Gasteiger partial charge in [0.15, 0.2) is 0 Å². The molecule has 2 aromatic carbocycles. The molecule has 2 nitrogen and oxygen atoms in total. The van der Waals surface area contributed by atoms with E-state index >= 15 is 0 Å². The highest BCUT2D eigenvalue weighted by Crippen LogP contribution is 2.36. The van der Waals surface area contributed by atoms with Crippen LogP contribution in [0.5, 0.6) is 0 Å². The number of fused-ring (bicyclic) bond motifs is 1. The van der Waals surface area contributed by atoms with E-state index in [0.717, 1.165) is 58.6 Å². The van der Waals surface area contributed by atoms with Crippen LogP contribution in [0.4, 0.5) is 8.78 Å². The van der Waals surface area contributed by atoms with Crippen molar-refractivity contribution in [3.05, 3.63) is 58.7 Å². The van der Waals surface area contributed by atoms with E-state index < -0.39 is 11.6 Å². The molecule has 3 N–H and O–H groups in total. The fourth-order valence-corrected chi connectivity index (χ4v) is 3.30. The quantitative estimate of drug-likeness (QED) is 0.635. The van der Waals surface area contributed by atoms with E-state index in [9.17, 15) is 8.78 Å². The maximum Gasteiger partial charge on any atom is 0.135 e. The van der Waals surface area contributed by atoms with E-state index in [0.29, 0.717) is 12.1 Å². The number of aromatic nitrogens is 1. The molecule has 0 saturated heterocycles. The minimum absolute atomic E-state index is 0.411. The Hall–Kier alpha value is -2.20. The molecular formula is C20H22F2N2. The van der Waals surface area contributed by atoms with Crippen LogP contribution < -0.4 is 5.73 Å². The summed E-state index contributed by atoms with van der Waals surface area (Å²) in [6.07, 6.45) is 2.67. The fourth-order valence-electron chi connectivity index (χ4n) is 3.30. The van der Waals surface area contributed by atoms with Crippen LogP contribution in [0.3, 0.4) is 0 Å². The van der Waals surface area contributed by atoms with Gasteiger partial charge in [-0.1, -0.05) is 12.1 Å². The van der Waals surface area contributed by atoms with Gasteiger partial charge in [-0.25, -0.2) is 8.78 Å². The van der Waals surface area contributed by atoms with E-state index in [4.69, 9.17) is 5.73 Å². The number of halogens is 2. The topological polar surface area (TPSA) is 41.8 Å². The summed E-state index contributed by atoms with van der Waals surface area (Å²) in [6.45, 7) is 4.74. The van der Waals surface area contributed by atoms with Crippen molar-refractivity contribution in [2.24, 2.45) is 5.73 Å². The van der Waals surface area contributed by atoms with Crippen molar-refractivity contribution >= 4 is 10.9 Å². The maximum atomic E-state index is 14.4. The summed E-state index contributed by atoms with van der Waals surface area (Å²) in [6, 6.07) is 7.88. The molecule has 0 amide bonds. The van der Waals surface area contributed by atoms with Gasteiger partial charge in [-0.2, -0.15) is 0 Å². The number of nitrogens with one attached hydrogen (secondary N) is 1. The molecule has 0 spiro atoms. The minimum Gasteiger partial charge on any atom is -0.354 e. The number of unbranched alkanes of at least 4 members (excludes halogenated alkanes) is 1. The van der Waals surface area contributed by atoms with Crippen molar-refractivity contribution in [3.63, 3.8) is 0 Å². The molecule has 1 aromatic heterocycles. The summed E-state index contributed by atoms with van der Waals surface area (Å²) >= 11 is 0. The zero-order valence-corrected chi connectivity index (χ0v) is 14.0. The third-order valence-electron chi connectivity index (χ3n) is 4.56. The number of H-pyrrole nitrogens is 1. The van der Waals surface area contributed by atoms with Crippen LogP contribution in [-0.4, -0.2) is 11.5 Å². The zero-order valence-electron chi connectivity index (χ0n) is 14.0. The highest BCUT2D eigenvalue weighted by Gasteiger charge is 2.18. The van der Waals surface area contributed by atoms with Gasteiger partial charge >= 0.3 is 0 Å². The first-order chi connectivity index (χ1) is 11.5. The second-order valence-electron chi connectivity index (χ2n) is 6.30. The Labute approximate surface area is 140 Å². The largest absolute Gasteiger partial charge is 0.354 e. The summed E-state index contributed by atoms with van der Waals surface area (Å²) in [5, 5.41) is 1.14. The average molecular weight is 328 g/mol. The predicted molar refractivity (Wildman–Crippen MR) is 95.1 cm³/mol. The van der Waals surface area contributed by atoms with Crippen molar-refractivity contribution in [2.75, 3.05) is 6.54 Å². The predicted octanol–water partition coefficient (Wildman–Crippen LogP) is 5.01. The number of aromatic amines is 1. The summed E-state index contributed by atoms with van der Waals surface area (Å²) < 4.78 is 27.6. The van der Waals surface area contributed by atoms with E-state index in [-0.39, 0.29) is 0 Å². The number of benzene rings is 2. The highest BCUT2D eigenvalue weighted by atomic mass is 19.1. The van der Waals surface area contributed by atoms with Crippen LogP contribution >= 0.6 is 0 Å². The van der Waals surface area contributed by atoms with Crippen LogP contribution in [0.2, 0.25) is 0 Å². The van der Waals surface area contributed by atoms with E-state index in [1.165, 1.54) is 12.1 Å². The van der Waals surface area contributed by atoms with Gasteiger partial charge in [-0.05, 0) is 68.5 Å². The molecule has 0 unspecified atom stereocenters. The van der Waals surface area contributed by atoms with Gasteiger partial charge < -0.3 is 10.7 Å². The van der Waals surface area contributed by atoms with Gasteiger partial charge in [0.05, 0.1) is 5.69 Å². The Kier molecular flexibility index (Phi) is 4.67. The van der Waals surface area contributed by atoms with Crippen molar-refractivity contribution in [3.8, 4) is 11.3 Å². The molecule has 0 fully saturated rings. The molecule has 0 radical (unpaired) electrons. The van der Waals surface area contributed by atoms with Crippen molar-refractivity contribution < 1.29 is 8.78 Å². The average Bonchev–Trinajstić information content (AvgIpc) is 2.92. The van der Waals surface area contributed by atoms with E-state index in [1.54, 1.807) is 0 Å².